The lowest BCUT2D eigenvalue weighted by Crippen LogP contribution is -2.45. The van der Waals surface area contributed by atoms with Gasteiger partial charge in [-0.1, -0.05) is 6.08 Å². The third-order valence-corrected chi connectivity index (χ3v) is 1.66. The van der Waals surface area contributed by atoms with E-state index in [1.807, 2.05) is 0 Å². The molecule has 0 aliphatic heterocycles. The standard InChI is InChI=1S/C9H15F3N2O/c1-3-4-5-13-7(2)8(15)14-6-9(10,11)12/h3,7,13H,1,4-6H2,2H3,(H,14,15). The molecule has 2 N–H and O–H groups in total. The Kier molecular flexibility index (Phi) is 6.00. The molecule has 0 fully saturated rings. The minimum absolute atomic E-state index is 0.518. The first kappa shape index (κ1) is 14.0. The van der Waals surface area contributed by atoms with E-state index < -0.39 is 24.7 Å². The molecule has 0 heterocycles. The maximum atomic E-state index is 11.7. The Morgan fingerprint density at radius 2 is 2.13 bits per heavy atom. The zero-order valence-corrected chi connectivity index (χ0v) is 8.53. The Labute approximate surface area is 86.7 Å². The number of amides is 1. The highest BCUT2D eigenvalue weighted by atomic mass is 19.4. The first-order valence-corrected chi connectivity index (χ1v) is 4.55. The molecule has 1 atom stereocenters. The van der Waals surface area contributed by atoms with Crippen molar-refractivity contribution in [2.75, 3.05) is 13.1 Å². The molecule has 15 heavy (non-hydrogen) atoms. The molecule has 88 valence electrons. The monoisotopic (exact) mass is 224 g/mol. The third-order valence-electron chi connectivity index (χ3n) is 1.66. The van der Waals surface area contributed by atoms with Crippen molar-refractivity contribution in [2.45, 2.75) is 25.6 Å². The lowest BCUT2D eigenvalue weighted by molar-refractivity contribution is -0.139. The second-order valence-electron chi connectivity index (χ2n) is 3.09. The Morgan fingerprint density at radius 3 is 2.60 bits per heavy atom. The second kappa shape index (κ2) is 6.44. The maximum Gasteiger partial charge on any atom is 0.405 e. The smallest absolute Gasteiger partial charge is 0.346 e. The molecule has 0 saturated heterocycles. The van der Waals surface area contributed by atoms with Crippen LogP contribution in [0, 0.1) is 0 Å². The van der Waals surface area contributed by atoms with Crippen LogP contribution in [0.4, 0.5) is 13.2 Å². The van der Waals surface area contributed by atoms with Crippen LogP contribution in [0.15, 0.2) is 12.7 Å². The normalized spacial score (nSPS) is 13.3. The van der Waals surface area contributed by atoms with E-state index in [0.29, 0.717) is 13.0 Å². The van der Waals surface area contributed by atoms with Crippen molar-refractivity contribution in [2.24, 2.45) is 0 Å². The van der Waals surface area contributed by atoms with Gasteiger partial charge in [0, 0.05) is 0 Å². The minimum Gasteiger partial charge on any atom is -0.346 e. The van der Waals surface area contributed by atoms with Crippen molar-refractivity contribution >= 4 is 5.91 Å². The predicted molar refractivity (Wildman–Crippen MR) is 51.3 cm³/mol. The number of halogens is 3. The molecule has 0 radical (unpaired) electrons. The summed E-state index contributed by atoms with van der Waals surface area (Å²) in [6, 6.07) is -0.632. The van der Waals surface area contributed by atoms with Gasteiger partial charge in [-0.05, 0) is 19.9 Å². The van der Waals surface area contributed by atoms with Crippen molar-refractivity contribution in [3.8, 4) is 0 Å². The highest BCUT2D eigenvalue weighted by Gasteiger charge is 2.28. The molecule has 0 aromatic rings. The number of nitrogens with one attached hydrogen (secondary N) is 2. The molecule has 0 spiro atoms. The molecule has 1 unspecified atom stereocenters. The van der Waals surface area contributed by atoms with Crippen LogP contribution < -0.4 is 10.6 Å². The lowest BCUT2D eigenvalue weighted by Gasteiger charge is -2.14. The predicted octanol–water partition coefficient (Wildman–Crippen LogP) is 1.22. The average Bonchev–Trinajstić information content (AvgIpc) is 2.13. The van der Waals surface area contributed by atoms with Crippen LogP contribution in [0.2, 0.25) is 0 Å². The van der Waals surface area contributed by atoms with Crippen molar-refractivity contribution < 1.29 is 18.0 Å². The highest BCUT2D eigenvalue weighted by Crippen LogP contribution is 2.12. The molecule has 0 aliphatic carbocycles. The van der Waals surface area contributed by atoms with Gasteiger partial charge >= 0.3 is 6.18 Å². The van der Waals surface area contributed by atoms with Crippen LogP contribution in [-0.4, -0.2) is 31.2 Å². The van der Waals surface area contributed by atoms with Crippen LogP contribution in [0.5, 0.6) is 0 Å². The van der Waals surface area contributed by atoms with Gasteiger partial charge in [-0.15, -0.1) is 6.58 Å². The van der Waals surface area contributed by atoms with Crippen LogP contribution in [-0.2, 0) is 4.79 Å². The summed E-state index contributed by atoms with van der Waals surface area (Å²) in [7, 11) is 0. The first-order chi connectivity index (χ1) is 6.87. The maximum absolute atomic E-state index is 11.7. The van der Waals surface area contributed by atoms with Crippen LogP contribution in [0.1, 0.15) is 13.3 Å². The van der Waals surface area contributed by atoms with Crippen LogP contribution >= 0.6 is 0 Å². The number of alkyl halides is 3. The second-order valence-corrected chi connectivity index (χ2v) is 3.09. The fraction of sp³-hybridized carbons (Fsp3) is 0.667. The summed E-state index contributed by atoms with van der Waals surface area (Å²) in [5.74, 6) is -0.656. The van der Waals surface area contributed by atoms with Gasteiger partial charge in [0.05, 0.1) is 6.04 Å². The number of hydrogen-bond acceptors (Lipinski definition) is 2. The van der Waals surface area contributed by atoms with E-state index in [2.05, 4.69) is 11.9 Å². The van der Waals surface area contributed by atoms with Crippen molar-refractivity contribution in [3.05, 3.63) is 12.7 Å². The zero-order valence-electron chi connectivity index (χ0n) is 8.53. The van der Waals surface area contributed by atoms with Crippen molar-refractivity contribution in [3.63, 3.8) is 0 Å². The zero-order chi connectivity index (χ0) is 11.9. The molecule has 6 heteroatoms. The Morgan fingerprint density at radius 1 is 1.53 bits per heavy atom. The SMILES string of the molecule is C=CCCNC(C)C(=O)NCC(F)(F)F. The Bertz CT molecular complexity index is 216. The summed E-state index contributed by atoms with van der Waals surface area (Å²) in [6.07, 6.45) is -2.04. The van der Waals surface area contributed by atoms with E-state index in [0.717, 1.165) is 0 Å². The molecule has 0 bridgehead atoms. The van der Waals surface area contributed by atoms with Crippen molar-refractivity contribution in [1.82, 2.24) is 10.6 Å². The molecular formula is C9H15F3N2O. The van der Waals surface area contributed by atoms with Gasteiger partial charge in [0.15, 0.2) is 0 Å². The fourth-order valence-electron chi connectivity index (χ4n) is 0.835. The third kappa shape index (κ3) is 7.99. The molecule has 0 aromatic heterocycles. The van der Waals surface area contributed by atoms with Gasteiger partial charge in [-0.2, -0.15) is 13.2 Å². The van der Waals surface area contributed by atoms with Gasteiger partial charge in [-0.3, -0.25) is 4.79 Å². The molecule has 0 rings (SSSR count). The van der Waals surface area contributed by atoms with Gasteiger partial charge in [-0.25, -0.2) is 0 Å². The summed E-state index contributed by atoms with van der Waals surface area (Å²) >= 11 is 0. The minimum atomic E-state index is -4.36. The van der Waals surface area contributed by atoms with Crippen molar-refractivity contribution in [1.29, 1.82) is 0 Å². The summed E-state index contributed by atoms with van der Waals surface area (Å²) in [6.45, 7) is 4.22. The number of rotatable bonds is 6. The van der Waals surface area contributed by atoms with Gasteiger partial charge in [0.25, 0.3) is 0 Å². The molecule has 0 aromatic carbocycles. The molecule has 0 aliphatic rings. The van der Waals surface area contributed by atoms with Gasteiger partial charge < -0.3 is 10.6 Å². The van der Waals surface area contributed by atoms with Crippen LogP contribution in [0.25, 0.3) is 0 Å². The molecular weight excluding hydrogens is 209 g/mol. The number of carbonyl (C=O) groups excluding carboxylic acids is 1. The van der Waals surface area contributed by atoms with E-state index in [4.69, 9.17) is 0 Å². The summed E-state index contributed by atoms with van der Waals surface area (Å²) in [5.41, 5.74) is 0. The fourth-order valence-corrected chi connectivity index (χ4v) is 0.835. The topological polar surface area (TPSA) is 41.1 Å². The molecule has 1 amide bonds. The Balaban J connectivity index is 3.74. The lowest BCUT2D eigenvalue weighted by atomic mass is 10.3. The first-order valence-electron chi connectivity index (χ1n) is 4.55. The van der Waals surface area contributed by atoms with E-state index in [1.165, 1.54) is 6.92 Å². The number of hydrogen-bond donors (Lipinski definition) is 2. The molecule has 3 nitrogen and oxygen atoms in total. The quantitative estimate of drug-likeness (QED) is 0.526. The summed E-state index contributed by atoms with van der Waals surface area (Å²) in [5, 5.41) is 4.57. The van der Waals surface area contributed by atoms with E-state index >= 15 is 0 Å². The largest absolute Gasteiger partial charge is 0.405 e. The summed E-state index contributed by atoms with van der Waals surface area (Å²) in [4.78, 5) is 11.1. The average molecular weight is 224 g/mol. The summed E-state index contributed by atoms with van der Waals surface area (Å²) < 4.78 is 35.2. The van der Waals surface area contributed by atoms with E-state index in [-0.39, 0.29) is 0 Å². The van der Waals surface area contributed by atoms with E-state index in [1.54, 1.807) is 11.4 Å². The van der Waals surface area contributed by atoms with Gasteiger partial charge in [0.1, 0.15) is 6.54 Å². The number of carbonyl (C=O) groups is 1. The van der Waals surface area contributed by atoms with Crippen LogP contribution in [0.3, 0.4) is 0 Å². The Hall–Kier alpha value is -1.04. The van der Waals surface area contributed by atoms with Gasteiger partial charge in [0.2, 0.25) is 5.91 Å². The highest BCUT2D eigenvalue weighted by molar-refractivity contribution is 5.81. The van der Waals surface area contributed by atoms with E-state index in [9.17, 15) is 18.0 Å². The molecule has 0 saturated carbocycles.